The van der Waals surface area contributed by atoms with E-state index in [4.69, 9.17) is 24.8 Å². The van der Waals surface area contributed by atoms with Crippen LogP contribution in [0.15, 0.2) is 48.6 Å². The number of unbranched alkanes of at least 4 members (excludes halogenated alkanes) is 18. The number of aliphatic hydroxyl groups is 1. The van der Waals surface area contributed by atoms with Crippen LogP contribution in [0.25, 0.3) is 0 Å². The fourth-order valence-corrected chi connectivity index (χ4v) is 6.45. The Morgan fingerprint density at radius 1 is 0.632 bits per heavy atom. The highest BCUT2D eigenvalue weighted by Gasteiger charge is 2.28. The van der Waals surface area contributed by atoms with Gasteiger partial charge in [-0.1, -0.05) is 165 Å². The molecule has 0 aromatic rings. The largest absolute Gasteiger partial charge is 0.480 e. The van der Waals surface area contributed by atoms with E-state index in [0.717, 1.165) is 25.7 Å². The molecule has 0 aromatic heterocycles. The van der Waals surface area contributed by atoms with Crippen molar-refractivity contribution < 1.29 is 52.6 Å². The number of phosphoric ester groups is 1. The Morgan fingerprint density at radius 2 is 1.16 bits per heavy atom. The number of aliphatic carboxylic acids is 1. The second kappa shape index (κ2) is 38.9. The quantitative estimate of drug-likeness (QED) is 0.0150. The van der Waals surface area contributed by atoms with E-state index < -0.39 is 57.2 Å². The number of carboxylic acid groups (broad SMARTS) is 1. The smallest absolute Gasteiger partial charge is 0.472 e. The third-order valence-electron chi connectivity index (χ3n) is 9.16. The molecule has 330 valence electrons. The molecule has 13 heteroatoms. The first-order chi connectivity index (χ1) is 27.5. The Hall–Kier alpha value is -2.60. The number of phosphoric acid groups is 1. The van der Waals surface area contributed by atoms with E-state index >= 15 is 0 Å². The first kappa shape index (κ1) is 54.4. The van der Waals surface area contributed by atoms with Crippen LogP contribution >= 0.6 is 7.82 Å². The van der Waals surface area contributed by atoms with Gasteiger partial charge >= 0.3 is 25.7 Å². The zero-order chi connectivity index (χ0) is 42.2. The summed E-state index contributed by atoms with van der Waals surface area (Å²) in [4.78, 5) is 45.9. The summed E-state index contributed by atoms with van der Waals surface area (Å²) >= 11 is 0. The Morgan fingerprint density at radius 3 is 1.77 bits per heavy atom. The van der Waals surface area contributed by atoms with E-state index in [1.807, 2.05) is 36.5 Å². The molecule has 0 saturated carbocycles. The molecule has 0 spiro atoms. The van der Waals surface area contributed by atoms with Gasteiger partial charge in [0.2, 0.25) is 0 Å². The summed E-state index contributed by atoms with van der Waals surface area (Å²) in [6, 6.07) is -1.54. The van der Waals surface area contributed by atoms with Gasteiger partial charge in [0.1, 0.15) is 12.6 Å². The molecular weight excluding hydrogens is 749 g/mol. The lowest BCUT2D eigenvalue weighted by atomic mass is 10.0. The summed E-state index contributed by atoms with van der Waals surface area (Å²) in [6.45, 7) is 2.64. The molecule has 0 heterocycles. The van der Waals surface area contributed by atoms with Crippen molar-refractivity contribution in [3.05, 3.63) is 48.6 Å². The highest BCUT2D eigenvalue weighted by molar-refractivity contribution is 7.47. The summed E-state index contributed by atoms with van der Waals surface area (Å²) in [5.41, 5.74) is 5.32. The molecule has 0 saturated heterocycles. The van der Waals surface area contributed by atoms with Crippen molar-refractivity contribution in [3.8, 4) is 0 Å². The maximum absolute atomic E-state index is 12.6. The molecule has 4 atom stereocenters. The fourth-order valence-electron chi connectivity index (χ4n) is 5.67. The van der Waals surface area contributed by atoms with Crippen molar-refractivity contribution >= 4 is 25.7 Å². The van der Waals surface area contributed by atoms with Gasteiger partial charge in [-0.25, -0.2) is 4.57 Å². The van der Waals surface area contributed by atoms with Gasteiger partial charge < -0.3 is 30.3 Å². The lowest BCUT2D eigenvalue weighted by Gasteiger charge is -2.20. The average Bonchev–Trinajstić information content (AvgIpc) is 3.18. The highest BCUT2D eigenvalue weighted by atomic mass is 31.2. The topological polar surface area (TPSA) is 192 Å². The van der Waals surface area contributed by atoms with Crippen LogP contribution in [0.3, 0.4) is 0 Å². The molecule has 0 fully saturated rings. The number of rotatable bonds is 40. The van der Waals surface area contributed by atoms with Crippen LogP contribution < -0.4 is 5.73 Å². The van der Waals surface area contributed by atoms with Crippen LogP contribution in [0.1, 0.15) is 174 Å². The van der Waals surface area contributed by atoms with E-state index in [-0.39, 0.29) is 19.4 Å². The zero-order valence-corrected chi connectivity index (χ0v) is 36.2. The van der Waals surface area contributed by atoms with E-state index in [9.17, 15) is 28.9 Å². The van der Waals surface area contributed by atoms with Crippen molar-refractivity contribution in [2.75, 3.05) is 19.8 Å². The van der Waals surface area contributed by atoms with E-state index in [2.05, 4.69) is 24.4 Å². The minimum absolute atomic E-state index is 0.0537. The number of nitrogens with two attached hydrogens (primary N) is 1. The number of carbonyl (C=O) groups excluding carboxylic acids is 2. The van der Waals surface area contributed by atoms with Gasteiger partial charge in [-0.05, 0) is 44.9 Å². The first-order valence-electron chi connectivity index (χ1n) is 21.8. The van der Waals surface area contributed by atoms with Crippen molar-refractivity contribution in [3.63, 3.8) is 0 Å². The number of hydrogen-bond donors (Lipinski definition) is 4. The number of aliphatic hydroxyl groups excluding tert-OH is 1. The molecule has 0 aliphatic carbocycles. The molecule has 0 amide bonds. The monoisotopic (exact) mass is 828 g/mol. The number of carboxylic acids is 1. The Kier molecular flexibility index (Phi) is 37.1. The molecule has 0 radical (unpaired) electrons. The Labute approximate surface area is 344 Å². The van der Waals surface area contributed by atoms with Crippen molar-refractivity contribution in [1.29, 1.82) is 0 Å². The highest BCUT2D eigenvalue weighted by Crippen LogP contribution is 2.43. The van der Waals surface area contributed by atoms with Gasteiger partial charge in [-0.3, -0.25) is 23.4 Å². The third kappa shape index (κ3) is 38.7. The summed E-state index contributed by atoms with van der Waals surface area (Å²) < 4.78 is 32.6. The van der Waals surface area contributed by atoms with Gasteiger partial charge in [0.25, 0.3) is 0 Å². The minimum Gasteiger partial charge on any atom is -0.480 e. The van der Waals surface area contributed by atoms with Crippen LogP contribution in [0.5, 0.6) is 0 Å². The average molecular weight is 828 g/mol. The molecule has 0 bridgehead atoms. The second-order valence-electron chi connectivity index (χ2n) is 14.7. The summed E-state index contributed by atoms with van der Waals surface area (Å²) in [6.07, 6.45) is 39.2. The fraction of sp³-hybridized carbons (Fsp3) is 0.750. The Bertz CT molecular complexity index is 1170. The predicted molar refractivity (Wildman–Crippen MR) is 228 cm³/mol. The molecule has 0 aliphatic heterocycles. The number of carbonyl (C=O) groups is 3. The Balaban J connectivity index is 4.52. The van der Waals surface area contributed by atoms with Gasteiger partial charge in [0, 0.05) is 12.8 Å². The molecule has 0 rings (SSSR count). The van der Waals surface area contributed by atoms with Crippen molar-refractivity contribution in [1.82, 2.24) is 0 Å². The van der Waals surface area contributed by atoms with Crippen LogP contribution in [-0.2, 0) is 37.5 Å². The molecule has 12 nitrogen and oxygen atoms in total. The minimum atomic E-state index is -4.74. The van der Waals surface area contributed by atoms with Crippen LogP contribution in [0.4, 0.5) is 0 Å². The van der Waals surface area contributed by atoms with E-state index in [1.54, 1.807) is 6.08 Å². The van der Waals surface area contributed by atoms with Crippen LogP contribution in [-0.4, -0.2) is 71.1 Å². The molecule has 4 unspecified atom stereocenters. The maximum Gasteiger partial charge on any atom is 0.472 e. The summed E-state index contributed by atoms with van der Waals surface area (Å²) in [5.74, 6) is -2.50. The maximum atomic E-state index is 12.6. The molecular formula is C44H78NO11P. The van der Waals surface area contributed by atoms with Crippen molar-refractivity contribution in [2.24, 2.45) is 5.73 Å². The standard InChI is InChI=1S/C44H78NO11P/c1-3-5-7-9-11-12-13-14-15-16-17-18-22-26-30-34-42(47)53-36-40(37-54-57(51,52)55-38-41(45)44(49)50)56-43(48)35-31-27-23-20-19-21-25-29-33-39(46)32-28-24-10-8-6-4-2/h20-21,23-25,28-29,33,39-41,46H,3-19,22,26-27,30-32,34-38,45H2,1-2H3,(H,49,50)(H,51,52)/b23-20-,25-21-,28-24-,33-29+. The second-order valence-corrected chi connectivity index (χ2v) is 16.1. The van der Waals surface area contributed by atoms with Crippen LogP contribution in [0, 0.1) is 0 Å². The normalized spacial score (nSPS) is 14.8. The lowest BCUT2D eigenvalue weighted by molar-refractivity contribution is -0.161. The van der Waals surface area contributed by atoms with Crippen LogP contribution in [0.2, 0.25) is 0 Å². The van der Waals surface area contributed by atoms with Gasteiger partial charge in [-0.2, -0.15) is 0 Å². The molecule has 5 N–H and O–H groups in total. The number of allylic oxidation sites excluding steroid dienone is 6. The number of esters is 2. The summed E-state index contributed by atoms with van der Waals surface area (Å²) in [7, 11) is -4.74. The molecule has 0 aromatic carbocycles. The van der Waals surface area contributed by atoms with Gasteiger partial charge in [0.15, 0.2) is 6.10 Å². The number of ether oxygens (including phenoxy) is 2. The molecule has 57 heavy (non-hydrogen) atoms. The first-order valence-corrected chi connectivity index (χ1v) is 23.3. The SMILES string of the molecule is CCCCC/C=C\CC(O)/C=C/C=C\C/C=C\CCCC(=O)OC(COC(=O)CCCCCCCCCCCCCCCCC)COP(=O)(O)OCC(N)C(=O)O. The van der Waals surface area contributed by atoms with Gasteiger partial charge in [-0.15, -0.1) is 0 Å². The van der Waals surface area contributed by atoms with Gasteiger partial charge in [0.05, 0.1) is 19.3 Å². The van der Waals surface area contributed by atoms with E-state index in [1.165, 1.54) is 89.9 Å². The zero-order valence-electron chi connectivity index (χ0n) is 35.3. The molecule has 0 aliphatic rings. The predicted octanol–water partition coefficient (Wildman–Crippen LogP) is 10.4. The van der Waals surface area contributed by atoms with E-state index in [0.29, 0.717) is 32.1 Å². The summed E-state index contributed by atoms with van der Waals surface area (Å²) in [5, 5.41) is 18.9. The number of hydrogen-bond acceptors (Lipinski definition) is 10. The third-order valence-corrected chi connectivity index (χ3v) is 10.1. The lowest BCUT2D eigenvalue weighted by Crippen LogP contribution is -2.34. The van der Waals surface area contributed by atoms with Crippen molar-refractivity contribution in [2.45, 2.75) is 193 Å².